The number of fused-ring (bicyclic) bond motifs is 1. The Morgan fingerprint density at radius 1 is 1.33 bits per heavy atom. The molecule has 0 aliphatic carbocycles. The van der Waals surface area contributed by atoms with E-state index < -0.39 is 0 Å². The molecule has 0 radical (unpaired) electrons. The molecule has 0 atom stereocenters. The van der Waals surface area contributed by atoms with E-state index in [0.717, 1.165) is 22.3 Å². The Morgan fingerprint density at radius 2 is 2.06 bits per heavy atom. The summed E-state index contributed by atoms with van der Waals surface area (Å²) in [6.45, 7) is 2.66. The molecule has 1 heterocycles. The fourth-order valence-electron chi connectivity index (χ4n) is 2.29. The van der Waals surface area contributed by atoms with Gasteiger partial charge in [-0.25, -0.2) is 9.37 Å². The van der Waals surface area contributed by atoms with Crippen molar-refractivity contribution in [1.29, 1.82) is 0 Å². The molecule has 0 aliphatic rings. The number of nitrogens with one attached hydrogen (secondary N) is 1. The predicted molar refractivity (Wildman–Crippen MR) is 73.5 cm³/mol. The van der Waals surface area contributed by atoms with E-state index in [0.29, 0.717) is 12.1 Å². The monoisotopic (exact) mass is 247 g/mol. The number of hydrogen-bond acceptors (Lipinski definition) is 3. The minimum Gasteiger partial charge on any atom is -0.377 e. The largest absolute Gasteiger partial charge is 0.377 e. The molecule has 1 aromatic carbocycles. The molecule has 0 saturated heterocycles. The van der Waals surface area contributed by atoms with Crippen LogP contribution >= 0.6 is 0 Å². The van der Waals surface area contributed by atoms with Crippen LogP contribution in [0.3, 0.4) is 0 Å². The maximum absolute atomic E-state index is 13.9. The third kappa shape index (κ3) is 2.04. The molecule has 2 rings (SSSR count). The van der Waals surface area contributed by atoms with Crippen molar-refractivity contribution in [2.75, 3.05) is 26.0 Å². The van der Waals surface area contributed by atoms with E-state index in [2.05, 4.69) is 10.3 Å². The van der Waals surface area contributed by atoms with Crippen LogP contribution in [0.25, 0.3) is 10.9 Å². The van der Waals surface area contributed by atoms with E-state index in [1.807, 2.05) is 39.0 Å². The Labute approximate surface area is 107 Å². The Balaban J connectivity index is 2.83. The molecule has 1 N–H and O–H groups in total. The number of benzene rings is 1. The number of hydrogen-bond donors (Lipinski definition) is 1. The van der Waals surface area contributed by atoms with Crippen LogP contribution in [-0.4, -0.2) is 26.1 Å². The Kier molecular flexibility index (Phi) is 3.48. The molecule has 0 saturated carbocycles. The summed E-state index contributed by atoms with van der Waals surface area (Å²) in [5, 5.41) is 3.93. The molecule has 18 heavy (non-hydrogen) atoms. The van der Waals surface area contributed by atoms with Gasteiger partial charge in [0.1, 0.15) is 11.3 Å². The maximum atomic E-state index is 13.9. The van der Waals surface area contributed by atoms with Crippen LogP contribution in [0.4, 0.5) is 10.1 Å². The first kappa shape index (κ1) is 12.8. The van der Waals surface area contributed by atoms with E-state index in [4.69, 9.17) is 0 Å². The Morgan fingerprint density at radius 3 is 2.67 bits per heavy atom. The quantitative estimate of drug-likeness (QED) is 0.903. The molecule has 96 valence electrons. The minimum atomic E-state index is -0.270. The van der Waals surface area contributed by atoms with Crippen LogP contribution in [0.5, 0.6) is 0 Å². The maximum Gasteiger partial charge on any atom is 0.149 e. The van der Waals surface area contributed by atoms with Crippen molar-refractivity contribution in [1.82, 2.24) is 10.3 Å². The number of anilines is 1. The molecule has 0 bridgehead atoms. The zero-order valence-corrected chi connectivity index (χ0v) is 11.2. The van der Waals surface area contributed by atoms with Gasteiger partial charge in [-0.15, -0.1) is 0 Å². The number of nitrogens with zero attached hydrogens (tertiary/aromatic N) is 2. The average Bonchev–Trinajstić information content (AvgIpc) is 2.31. The van der Waals surface area contributed by atoms with Gasteiger partial charge in [0.05, 0.1) is 11.4 Å². The van der Waals surface area contributed by atoms with E-state index in [9.17, 15) is 4.39 Å². The van der Waals surface area contributed by atoms with Crippen molar-refractivity contribution in [2.45, 2.75) is 13.5 Å². The Hall–Kier alpha value is -1.68. The lowest BCUT2D eigenvalue weighted by Gasteiger charge is -2.20. The highest BCUT2D eigenvalue weighted by Crippen LogP contribution is 2.31. The van der Waals surface area contributed by atoms with Gasteiger partial charge in [0, 0.05) is 26.0 Å². The smallest absolute Gasteiger partial charge is 0.149 e. The van der Waals surface area contributed by atoms with Gasteiger partial charge >= 0.3 is 0 Å². The van der Waals surface area contributed by atoms with Gasteiger partial charge < -0.3 is 10.2 Å². The van der Waals surface area contributed by atoms with Crippen LogP contribution < -0.4 is 10.2 Å². The van der Waals surface area contributed by atoms with Gasteiger partial charge in [-0.1, -0.05) is 12.1 Å². The highest BCUT2D eigenvalue weighted by atomic mass is 19.1. The lowest BCUT2D eigenvalue weighted by molar-refractivity contribution is 0.635. The van der Waals surface area contributed by atoms with Gasteiger partial charge in [-0.3, -0.25) is 0 Å². The topological polar surface area (TPSA) is 28.2 Å². The fraction of sp³-hybridized carbons (Fsp3) is 0.357. The second-order valence-corrected chi connectivity index (χ2v) is 4.59. The molecule has 3 nitrogen and oxygen atoms in total. The lowest BCUT2D eigenvalue weighted by atomic mass is 10.1. The van der Waals surface area contributed by atoms with E-state index in [-0.39, 0.29) is 5.82 Å². The van der Waals surface area contributed by atoms with Gasteiger partial charge in [0.2, 0.25) is 0 Å². The minimum absolute atomic E-state index is 0.270. The highest BCUT2D eigenvalue weighted by Gasteiger charge is 2.14. The number of aromatic nitrogens is 1. The number of pyridine rings is 1. The molecule has 0 fully saturated rings. The first-order valence-electron chi connectivity index (χ1n) is 5.96. The summed E-state index contributed by atoms with van der Waals surface area (Å²) in [4.78, 5) is 6.45. The van der Waals surface area contributed by atoms with Crippen molar-refractivity contribution in [3.05, 3.63) is 35.3 Å². The average molecular weight is 247 g/mol. The van der Waals surface area contributed by atoms with Gasteiger partial charge in [0.25, 0.3) is 0 Å². The number of rotatable bonds is 3. The zero-order valence-electron chi connectivity index (χ0n) is 11.2. The van der Waals surface area contributed by atoms with Crippen LogP contribution in [0.1, 0.15) is 11.3 Å². The van der Waals surface area contributed by atoms with Crippen molar-refractivity contribution < 1.29 is 4.39 Å². The van der Waals surface area contributed by atoms with Crippen molar-refractivity contribution in [2.24, 2.45) is 0 Å². The summed E-state index contributed by atoms with van der Waals surface area (Å²) in [6, 6.07) is 5.09. The molecule has 0 unspecified atom stereocenters. The van der Waals surface area contributed by atoms with E-state index in [1.165, 1.54) is 6.07 Å². The number of para-hydroxylation sites is 1. The molecule has 0 aliphatic heterocycles. The second-order valence-electron chi connectivity index (χ2n) is 4.59. The second kappa shape index (κ2) is 4.90. The van der Waals surface area contributed by atoms with E-state index in [1.54, 1.807) is 6.07 Å². The van der Waals surface area contributed by atoms with Gasteiger partial charge in [-0.2, -0.15) is 0 Å². The fourth-order valence-corrected chi connectivity index (χ4v) is 2.29. The summed E-state index contributed by atoms with van der Waals surface area (Å²) in [6.07, 6.45) is 0. The molecule has 4 heteroatoms. The SMILES string of the molecule is CNCc1nc2c(F)cccc2c(N(C)C)c1C. The number of halogens is 1. The van der Waals surface area contributed by atoms with Crippen LogP contribution in [-0.2, 0) is 6.54 Å². The van der Waals surface area contributed by atoms with Gasteiger partial charge in [0.15, 0.2) is 0 Å². The third-order valence-corrected chi connectivity index (χ3v) is 3.07. The molecule has 0 spiro atoms. The van der Waals surface area contributed by atoms with Crippen LogP contribution in [0.15, 0.2) is 18.2 Å². The summed E-state index contributed by atoms with van der Waals surface area (Å²) in [7, 11) is 5.80. The Bertz CT molecular complexity index is 579. The normalized spacial score (nSPS) is 10.9. The zero-order chi connectivity index (χ0) is 13.3. The van der Waals surface area contributed by atoms with E-state index >= 15 is 0 Å². The molecule has 0 amide bonds. The van der Waals surface area contributed by atoms with Crippen LogP contribution in [0, 0.1) is 12.7 Å². The third-order valence-electron chi connectivity index (χ3n) is 3.07. The summed E-state index contributed by atoms with van der Waals surface area (Å²) in [5.74, 6) is -0.270. The molecule has 2 aromatic rings. The van der Waals surface area contributed by atoms with Crippen molar-refractivity contribution in [3.8, 4) is 0 Å². The lowest BCUT2D eigenvalue weighted by Crippen LogP contribution is -2.16. The first-order chi connectivity index (χ1) is 8.56. The van der Waals surface area contributed by atoms with Gasteiger partial charge in [-0.05, 0) is 25.6 Å². The molecule has 1 aromatic heterocycles. The highest BCUT2D eigenvalue weighted by molar-refractivity contribution is 5.94. The van der Waals surface area contributed by atoms with Crippen LogP contribution in [0.2, 0.25) is 0 Å². The summed E-state index contributed by atoms with van der Waals surface area (Å²) in [5.41, 5.74) is 3.45. The molecular weight excluding hydrogens is 229 g/mol. The molecular formula is C14H18FN3. The van der Waals surface area contributed by atoms with Crippen molar-refractivity contribution >= 4 is 16.6 Å². The summed E-state index contributed by atoms with van der Waals surface area (Å²) < 4.78 is 13.9. The summed E-state index contributed by atoms with van der Waals surface area (Å²) >= 11 is 0. The predicted octanol–water partition coefficient (Wildman–Crippen LogP) is 2.47. The van der Waals surface area contributed by atoms with Crippen molar-refractivity contribution in [3.63, 3.8) is 0 Å². The first-order valence-corrected chi connectivity index (χ1v) is 5.96. The standard InChI is InChI=1S/C14H18FN3/c1-9-12(8-16-2)17-13-10(14(9)18(3)4)6-5-7-11(13)15/h5-7,16H,8H2,1-4H3.